The number of hydrogen-bond acceptors (Lipinski definition) is 5. The van der Waals surface area contributed by atoms with Crippen molar-refractivity contribution in [2.24, 2.45) is 4.99 Å². The van der Waals surface area contributed by atoms with Crippen LogP contribution in [0.4, 0.5) is 11.6 Å². The van der Waals surface area contributed by atoms with Gasteiger partial charge >= 0.3 is 0 Å². The molecule has 150 valence electrons. The second-order valence-corrected chi connectivity index (χ2v) is 7.32. The van der Waals surface area contributed by atoms with Crippen LogP contribution in [0.15, 0.2) is 72.0 Å². The quantitative estimate of drug-likeness (QED) is 0.613. The van der Waals surface area contributed by atoms with Crippen LogP contribution < -0.4 is 15.5 Å². The summed E-state index contributed by atoms with van der Waals surface area (Å²) in [6.45, 7) is 0. The second-order valence-electron chi connectivity index (χ2n) is 6.48. The highest BCUT2D eigenvalue weighted by atomic mass is 35.5. The van der Waals surface area contributed by atoms with E-state index in [0.717, 1.165) is 11.1 Å². The summed E-state index contributed by atoms with van der Waals surface area (Å²) in [5.41, 5.74) is 2.98. The van der Waals surface area contributed by atoms with E-state index < -0.39 is 6.17 Å². The third-order valence-electron chi connectivity index (χ3n) is 4.50. The average Bonchev–Trinajstić information content (AvgIpc) is 2.85. The van der Waals surface area contributed by atoms with Crippen LogP contribution in [0.2, 0.25) is 5.02 Å². The number of hydrogen-bond donors (Lipinski definition) is 2. The molecule has 7 nitrogen and oxygen atoms in total. The van der Waals surface area contributed by atoms with Crippen molar-refractivity contribution in [2.45, 2.75) is 6.17 Å². The van der Waals surface area contributed by atoms with Crippen LogP contribution in [0.3, 0.4) is 0 Å². The molecule has 0 saturated carbocycles. The molecule has 1 unspecified atom stereocenters. The molecule has 1 aliphatic heterocycles. The van der Waals surface area contributed by atoms with E-state index in [0.29, 0.717) is 22.4 Å². The number of amides is 1. The van der Waals surface area contributed by atoms with E-state index in [1.165, 1.54) is 0 Å². The summed E-state index contributed by atoms with van der Waals surface area (Å²) in [7, 11) is 1.70. The van der Waals surface area contributed by atoms with E-state index in [2.05, 4.69) is 20.6 Å². The highest BCUT2D eigenvalue weighted by Crippen LogP contribution is 2.29. The highest BCUT2D eigenvalue weighted by molar-refractivity contribution is 7.80. The zero-order valence-electron chi connectivity index (χ0n) is 15.9. The Morgan fingerprint density at radius 2 is 1.83 bits per heavy atom. The van der Waals surface area contributed by atoms with Gasteiger partial charge in [0.05, 0.1) is 11.4 Å². The third kappa shape index (κ3) is 4.14. The molecule has 1 amide bonds. The minimum Gasteiger partial charge on any atom is -0.333 e. The normalized spacial score (nSPS) is 15.7. The Labute approximate surface area is 183 Å². The third-order valence-corrected chi connectivity index (χ3v) is 4.96. The van der Waals surface area contributed by atoms with Gasteiger partial charge < -0.3 is 15.5 Å². The summed E-state index contributed by atoms with van der Waals surface area (Å²) in [5.74, 6) is 0.0642. The van der Waals surface area contributed by atoms with Crippen LogP contribution >= 0.6 is 23.8 Å². The summed E-state index contributed by atoms with van der Waals surface area (Å²) in [6.07, 6.45) is 2.24. The van der Waals surface area contributed by atoms with Crippen LogP contribution in [-0.4, -0.2) is 39.9 Å². The van der Waals surface area contributed by atoms with Crippen molar-refractivity contribution < 1.29 is 4.79 Å². The number of carbonyl (C=O) groups is 1. The molecule has 2 N–H and O–H groups in total. The molecular weight excluding hydrogens is 420 g/mol. The summed E-state index contributed by atoms with van der Waals surface area (Å²) in [6, 6.07) is 16.7. The van der Waals surface area contributed by atoms with Crippen LogP contribution in [0.1, 0.15) is 11.1 Å². The summed E-state index contributed by atoms with van der Waals surface area (Å²) in [4.78, 5) is 27.6. The van der Waals surface area contributed by atoms with Crippen LogP contribution in [-0.2, 0) is 4.79 Å². The highest BCUT2D eigenvalue weighted by Gasteiger charge is 2.30. The van der Waals surface area contributed by atoms with E-state index >= 15 is 0 Å². The molecule has 2 aromatic carbocycles. The predicted octanol–water partition coefficient (Wildman–Crippen LogP) is 3.26. The molecule has 1 atom stereocenters. The van der Waals surface area contributed by atoms with Gasteiger partial charge in [0.25, 0.3) is 5.91 Å². The Balaban J connectivity index is 1.73. The number of anilines is 2. The van der Waals surface area contributed by atoms with Crippen molar-refractivity contribution in [2.75, 3.05) is 17.3 Å². The fraction of sp³-hybridized carbons (Fsp3) is 0.0952. The van der Waals surface area contributed by atoms with E-state index in [9.17, 15) is 4.79 Å². The number of halogens is 1. The van der Waals surface area contributed by atoms with Gasteiger partial charge in [0.1, 0.15) is 0 Å². The second kappa shape index (κ2) is 8.56. The van der Waals surface area contributed by atoms with E-state index in [1.807, 2.05) is 42.5 Å². The van der Waals surface area contributed by atoms with E-state index in [1.54, 1.807) is 36.5 Å². The van der Waals surface area contributed by atoms with Crippen LogP contribution in [0.25, 0.3) is 0 Å². The first-order valence-corrected chi connectivity index (χ1v) is 9.87. The lowest BCUT2D eigenvalue weighted by molar-refractivity contribution is -0.119. The predicted molar refractivity (Wildman–Crippen MR) is 122 cm³/mol. The van der Waals surface area contributed by atoms with Crippen LogP contribution in [0, 0.1) is 0 Å². The minimum atomic E-state index is -0.944. The zero-order valence-corrected chi connectivity index (χ0v) is 17.5. The lowest BCUT2D eigenvalue weighted by atomic mass is 10.0. The van der Waals surface area contributed by atoms with Gasteiger partial charge in [-0.15, -0.1) is 0 Å². The standard InChI is InChI=1S/C21H17ClN6OS/c1-28-16-9-8-14(22)12-15(16)17(13-6-3-2-4-7-13)25-18(19(28)29)26-21(30)27-20-23-10-5-11-24-20/h2-12,18H,1H3,(H2,23,24,26,27,30). The molecule has 3 aromatic rings. The first kappa shape index (κ1) is 19.9. The van der Waals surface area contributed by atoms with Crippen LogP contribution in [0.5, 0.6) is 0 Å². The Morgan fingerprint density at radius 1 is 1.10 bits per heavy atom. The zero-order chi connectivity index (χ0) is 21.1. The van der Waals surface area contributed by atoms with Gasteiger partial charge in [0.15, 0.2) is 5.11 Å². The topological polar surface area (TPSA) is 82.5 Å². The Morgan fingerprint density at radius 3 is 2.57 bits per heavy atom. The molecule has 0 saturated heterocycles. The largest absolute Gasteiger partial charge is 0.333 e. The van der Waals surface area contributed by atoms with Gasteiger partial charge in [0, 0.05) is 35.6 Å². The molecular formula is C21H17ClN6OS. The molecule has 0 radical (unpaired) electrons. The van der Waals surface area contributed by atoms with Crippen molar-refractivity contribution in [3.05, 3.63) is 83.1 Å². The summed E-state index contributed by atoms with van der Waals surface area (Å²) in [5, 5.41) is 6.58. The summed E-state index contributed by atoms with van der Waals surface area (Å²) < 4.78 is 0. The van der Waals surface area contributed by atoms with Crippen molar-refractivity contribution in [1.82, 2.24) is 15.3 Å². The maximum Gasteiger partial charge on any atom is 0.272 e. The average molecular weight is 437 g/mol. The molecule has 1 aromatic heterocycles. The number of carbonyl (C=O) groups excluding carboxylic acids is 1. The molecule has 0 bridgehead atoms. The van der Waals surface area contributed by atoms with Gasteiger partial charge in [-0.05, 0) is 36.5 Å². The SMILES string of the molecule is CN1C(=O)C(NC(=S)Nc2ncccn2)N=C(c2ccccc2)c2cc(Cl)ccc21. The molecule has 0 aliphatic carbocycles. The van der Waals surface area contributed by atoms with Crippen molar-refractivity contribution >= 4 is 52.2 Å². The van der Waals surface area contributed by atoms with Crippen molar-refractivity contribution in [3.8, 4) is 0 Å². The Kier molecular flexibility index (Phi) is 5.69. The van der Waals surface area contributed by atoms with Gasteiger partial charge in [0.2, 0.25) is 12.1 Å². The maximum atomic E-state index is 13.2. The fourth-order valence-electron chi connectivity index (χ4n) is 3.09. The van der Waals surface area contributed by atoms with Gasteiger partial charge in [-0.2, -0.15) is 0 Å². The monoisotopic (exact) mass is 436 g/mol. The van der Waals surface area contributed by atoms with E-state index in [4.69, 9.17) is 28.8 Å². The first-order valence-electron chi connectivity index (χ1n) is 9.08. The molecule has 0 fully saturated rings. The molecule has 4 rings (SSSR count). The number of benzodiazepines with no additional fused rings is 1. The lowest BCUT2D eigenvalue weighted by Crippen LogP contribution is -2.47. The number of nitrogens with zero attached hydrogens (tertiary/aromatic N) is 4. The maximum absolute atomic E-state index is 13.2. The molecule has 1 aliphatic rings. The van der Waals surface area contributed by atoms with Gasteiger partial charge in [-0.1, -0.05) is 41.9 Å². The number of likely N-dealkylation sites (N-methyl/N-ethyl adjacent to an activating group) is 1. The lowest BCUT2D eigenvalue weighted by Gasteiger charge is -2.21. The van der Waals surface area contributed by atoms with Gasteiger partial charge in [-0.3, -0.25) is 4.79 Å². The Bertz CT molecular complexity index is 1120. The molecule has 0 spiro atoms. The first-order chi connectivity index (χ1) is 14.5. The van der Waals surface area contributed by atoms with Gasteiger partial charge in [-0.25, -0.2) is 15.0 Å². The van der Waals surface area contributed by atoms with Crippen molar-refractivity contribution in [3.63, 3.8) is 0 Å². The smallest absolute Gasteiger partial charge is 0.272 e. The van der Waals surface area contributed by atoms with Crippen molar-refractivity contribution in [1.29, 1.82) is 0 Å². The Hall–Kier alpha value is -3.36. The number of nitrogens with one attached hydrogen (secondary N) is 2. The number of fused-ring (bicyclic) bond motifs is 1. The van der Waals surface area contributed by atoms with E-state index in [-0.39, 0.29) is 11.0 Å². The number of rotatable bonds is 3. The number of aliphatic imine (C=N–C) groups is 1. The minimum absolute atomic E-state index is 0.188. The molecule has 30 heavy (non-hydrogen) atoms. The number of thiocarbonyl (C=S) groups is 1. The molecule has 2 heterocycles. The number of benzene rings is 2. The number of aromatic nitrogens is 2. The summed E-state index contributed by atoms with van der Waals surface area (Å²) >= 11 is 11.6. The fourth-order valence-corrected chi connectivity index (χ4v) is 3.47. The molecule has 9 heteroatoms.